The zero-order valence-corrected chi connectivity index (χ0v) is 18.2. The van der Waals surface area contributed by atoms with Gasteiger partial charge in [-0.05, 0) is 36.1 Å². The summed E-state index contributed by atoms with van der Waals surface area (Å²) >= 11 is 0. The quantitative estimate of drug-likeness (QED) is 0.608. The molecule has 1 aliphatic heterocycles. The highest BCUT2D eigenvalue weighted by molar-refractivity contribution is 5.77. The third-order valence-electron chi connectivity index (χ3n) is 6.47. The molecule has 7 nitrogen and oxygen atoms in total. The summed E-state index contributed by atoms with van der Waals surface area (Å²) in [5.74, 6) is 10.1. The van der Waals surface area contributed by atoms with Crippen molar-refractivity contribution in [2.24, 2.45) is 23.5 Å². The topological polar surface area (TPSA) is 90.2 Å². The van der Waals surface area contributed by atoms with E-state index in [9.17, 15) is 4.79 Å². The van der Waals surface area contributed by atoms with E-state index in [1.54, 1.807) is 0 Å². The molecule has 1 saturated heterocycles. The molecule has 1 amide bonds. The van der Waals surface area contributed by atoms with Crippen LogP contribution in [0.2, 0.25) is 0 Å². The monoisotopic (exact) mass is 429 g/mol. The first-order valence-corrected chi connectivity index (χ1v) is 11.2. The maximum Gasteiger partial charge on any atom is 0.223 e. The standard InChI is InChI=1S/C25H27N5O2/c1-2-24-27-11-12-29(24)14-19-13-23(32-28-19)18-6-3-17(4-7-18)5-8-20-21-15-30(16-22(20)21)25(31)9-10-26/h3-4,6-7,11-13,20-22H,2,9-10,14-16,26H2,1H3/t20?,21-,22+. The molecule has 1 aliphatic carbocycles. The van der Waals surface area contributed by atoms with Crippen LogP contribution >= 0.6 is 0 Å². The average Bonchev–Trinajstić information content (AvgIpc) is 3.29. The minimum atomic E-state index is 0.174. The molecule has 1 aromatic carbocycles. The predicted octanol–water partition coefficient (Wildman–Crippen LogP) is 2.55. The van der Waals surface area contributed by atoms with Gasteiger partial charge in [0.05, 0.1) is 6.54 Å². The molecule has 2 aromatic heterocycles. The van der Waals surface area contributed by atoms with Gasteiger partial charge >= 0.3 is 0 Å². The maximum atomic E-state index is 11.9. The lowest BCUT2D eigenvalue weighted by Crippen LogP contribution is -2.32. The molecule has 164 valence electrons. The first-order valence-electron chi connectivity index (χ1n) is 11.2. The smallest absolute Gasteiger partial charge is 0.223 e. The molecular weight excluding hydrogens is 402 g/mol. The Bertz CT molecular complexity index is 1150. The Morgan fingerprint density at radius 2 is 2.03 bits per heavy atom. The summed E-state index contributed by atoms with van der Waals surface area (Å²) < 4.78 is 7.64. The average molecular weight is 430 g/mol. The van der Waals surface area contributed by atoms with Crippen molar-refractivity contribution in [3.05, 3.63) is 59.8 Å². The molecule has 0 bridgehead atoms. The fraction of sp³-hybridized carbons (Fsp3) is 0.400. The number of benzene rings is 1. The SMILES string of the molecule is CCc1nccn1Cc1cc(-c2ccc(C#CC3[C@H]4CN(C(=O)CCN)C[C@@H]34)cc2)on1. The second-order valence-corrected chi connectivity index (χ2v) is 8.55. The van der Waals surface area contributed by atoms with Crippen LogP contribution in [0, 0.1) is 29.6 Å². The number of carbonyl (C=O) groups excluding carboxylic acids is 1. The van der Waals surface area contributed by atoms with Gasteiger partial charge < -0.3 is 19.7 Å². The summed E-state index contributed by atoms with van der Waals surface area (Å²) in [6.07, 6.45) is 5.10. The Labute approximate surface area is 187 Å². The van der Waals surface area contributed by atoms with Crippen LogP contribution < -0.4 is 5.73 Å². The largest absolute Gasteiger partial charge is 0.356 e. The normalized spacial score (nSPS) is 21.2. The summed E-state index contributed by atoms with van der Waals surface area (Å²) in [4.78, 5) is 18.2. The van der Waals surface area contributed by atoms with Gasteiger partial charge in [-0.25, -0.2) is 4.98 Å². The van der Waals surface area contributed by atoms with Gasteiger partial charge in [-0.2, -0.15) is 0 Å². The van der Waals surface area contributed by atoms with Gasteiger partial charge in [0, 0.05) is 68.0 Å². The maximum absolute atomic E-state index is 11.9. The van der Waals surface area contributed by atoms with E-state index in [-0.39, 0.29) is 5.91 Å². The summed E-state index contributed by atoms with van der Waals surface area (Å²) in [6.45, 7) is 4.81. The molecule has 1 unspecified atom stereocenters. The molecule has 3 aromatic rings. The zero-order chi connectivity index (χ0) is 22.1. The van der Waals surface area contributed by atoms with Crippen LogP contribution in [0.3, 0.4) is 0 Å². The van der Waals surface area contributed by atoms with E-state index in [0.29, 0.717) is 37.3 Å². The molecule has 32 heavy (non-hydrogen) atoms. The molecule has 2 N–H and O–H groups in total. The first-order chi connectivity index (χ1) is 15.7. The third kappa shape index (κ3) is 4.06. The van der Waals surface area contributed by atoms with Crippen LogP contribution in [-0.4, -0.2) is 45.1 Å². The van der Waals surface area contributed by atoms with Crippen LogP contribution in [0.5, 0.6) is 0 Å². The van der Waals surface area contributed by atoms with Crippen molar-refractivity contribution in [1.29, 1.82) is 0 Å². The lowest BCUT2D eigenvalue weighted by atomic mass is 10.1. The second-order valence-electron chi connectivity index (χ2n) is 8.55. The number of piperidine rings is 1. The van der Waals surface area contributed by atoms with Gasteiger partial charge in [-0.3, -0.25) is 4.79 Å². The Balaban J connectivity index is 1.18. The first kappa shape index (κ1) is 20.5. The van der Waals surface area contributed by atoms with E-state index >= 15 is 0 Å². The van der Waals surface area contributed by atoms with E-state index in [0.717, 1.165) is 47.9 Å². The lowest BCUT2D eigenvalue weighted by Gasteiger charge is -2.18. The van der Waals surface area contributed by atoms with Gasteiger partial charge in [0.2, 0.25) is 5.91 Å². The van der Waals surface area contributed by atoms with Crippen molar-refractivity contribution in [2.75, 3.05) is 19.6 Å². The molecule has 0 spiro atoms. The van der Waals surface area contributed by atoms with Crippen LogP contribution in [0.4, 0.5) is 0 Å². The Kier molecular flexibility index (Phi) is 5.54. The molecule has 1 saturated carbocycles. The summed E-state index contributed by atoms with van der Waals surface area (Å²) in [5.41, 5.74) is 8.32. The molecule has 2 aliphatic rings. The molecule has 3 atom stereocenters. The number of hydrogen-bond donors (Lipinski definition) is 1. The van der Waals surface area contributed by atoms with Crippen LogP contribution in [-0.2, 0) is 17.8 Å². The number of likely N-dealkylation sites (tertiary alicyclic amines) is 1. The van der Waals surface area contributed by atoms with E-state index in [2.05, 4.69) is 33.5 Å². The Hall–Kier alpha value is -3.37. The van der Waals surface area contributed by atoms with Crippen molar-refractivity contribution in [3.63, 3.8) is 0 Å². The molecule has 7 heteroatoms. The summed E-state index contributed by atoms with van der Waals surface area (Å²) in [5, 5.41) is 4.21. The summed E-state index contributed by atoms with van der Waals surface area (Å²) in [6, 6.07) is 10.0. The number of nitrogens with zero attached hydrogens (tertiary/aromatic N) is 4. The zero-order valence-electron chi connectivity index (χ0n) is 18.2. The van der Waals surface area contributed by atoms with Gasteiger partial charge in [-0.15, -0.1) is 0 Å². The Morgan fingerprint density at radius 1 is 1.25 bits per heavy atom. The minimum Gasteiger partial charge on any atom is -0.356 e. The predicted molar refractivity (Wildman–Crippen MR) is 120 cm³/mol. The number of carbonyl (C=O) groups is 1. The van der Waals surface area contributed by atoms with Gasteiger partial charge in [0.15, 0.2) is 5.76 Å². The van der Waals surface area contributed by atoms with Crippen molar-refractivity contribution in [2.45, 2.75) is 26.3 Å². The van der Waals surface area contributed by atoms with Gasteiger partial charge in [0.1, 0.15) is 11.5 Å². The van der Waals surface area contributed by atoms with E-state index < -0.39 is 0 Å². The van der Waals surface area contributed by atoms with E-state index in [1.165, 1.54) is 0 Å². The van der Waals surface area contributed by atoms with Crippen molar-refractivity contribution in [3.8, 4) is 23.2 Å². The molecule has 3 heterocycles. The number of hydrogen-bond acceptors (Lipinski definition) is 5. The van der Waals surface area contributed by atoms with Crippen LogP contribution in [0.1, 0.15) is 30.4 Å². The molecule has 5 rings (SSSR count). The number of amides is 1. The van der Waals surface area contributed by atoms with Crippen LogP contribution in [0.15, 0.2) is 47.2 Å². The molecule has 2 fully saturated rings. The number of nitrogens with two attached hydrogens (primary N) is 1. The van der Waals surface area contributed by atoms with Gasteiger partial charge in [0.25, 0.3) is 0 Å². The number of imidazole rings is 1. The highest BCUT2D eigenvalue weighted by Crippen LogP contribution is 2.51. The highest BCUT2D eigenvalue weighted by Gasteiger charge is 2.55. The molecule has 0 radical (unpaired) electrons. The molecular formula is C25H27N5O2. The van der Waals surface area contributed by atoms with Crippen molar-refractivity contribution in [1.82, 2.24) is 19.6 Å². The fourth-order valence-electron chi connectivity index (χ4n) is 4.61. The summed E-state index contributed by atoms with van der Waals surface area (Å²) in [7, 11) is 0. The lowest BCUT2D eigenvalue weighted by molar-refractivity contribution is -0.130. The van der Waals surface area contributed by atoms with Crippen molar-refractivity contribution < 1.29 is 9.32 Å². The van der Waals surface area contributed by atoms with E-state index in [4.69, 9.17) is 10.3 Å². The van der Waals surface area contributed by atoms with Crippen LogP contribution in [0.25, 0.3) is 11.3 Å². The number of rotatable bonds is 6. The fourth-order valence-corrected chi connectivity index (χ4v) is 4.61. The minimum absolute atomic E-state index is 0.174. The second kappa shape index (κ2) is 8.64. The number of fused-ring (bicyclic) bond motifs is 1. The number of aryl methyl sites for hydroxylation is 1. The van der Waals surface area contributed by atoms with E-state index in [1.807, 2.05) is 47.6 Å². The highest BCUT2D eigenvalue weighted by atomic mass is 16.5. The number of aromatic nitrogens is 3. The third-order valence-corrected chi connectivity index (χ3v) is 6.47. The van der Waals surface area contributed by atoms with Gasteiger partial charge in [-0.1, -0.05) is 23.9 Å². The van der Waals surface area contributed by atoms with Crippen molar-refractivity contribution >= 4 is 5.91 Å². The Morgan fingerprint density at radius 3 is 2.75 bits per heavy atom.